The Morgan fingerprint density at radius 1 is 1.42 bits per heavy atom. The van der Waals surface area contributed by atoms with Gasteiger partial charge in [-0.15, -0.1) is 11.4 Å². The lowest BCUT2D eigenvalue weighted by Gasteiger charge is -2.25. The van der Waals surface area contributed by atoms with E-state index in [0.29, 0.717) is 0 Å². The molecule has 4 heteroatoms. The minimum atomic E-state index is -1.35. The lowest BCUT2D eigenvalue weighted by molar-refractivity contribution is -0.867. The molecule has 0 amide bonds. The molecule has 0 aliphatic carbocycles. The molecular formula is C8H21NOPS+. The number of hydrogen-bond acceptors (Lipinski definition) is 2. The molecule has 0 radical (unpaired) electrons. The average molecular weight is 210 g/mol. The fourth-order valence-corrected chi connectivity index (χ4v) is 3.40. The summed E-state index contributed by atoms with van der Waals surface area (Å²) in [6.07, 6.45) is 2.70. The van der Waals surface area contributed by atoms with Gasteiger partial charge in [0.2, 0.25) is 0 Å². The van der Waals surface area contributed by atoms with Gasteiger partial charge in [-0.1, -0.05) is 6.30 Å². The number of nitrogens with zero attached hydrogens (tertiary/aromatic N) is 1. The van der Waals surface area contributed by atoms with Crippen molar-refractivity contribution in [2.75, 3.05) is 47.2 Å². The van der Waals surface area contributed by atoms with Crippen molar-refractivity contribution < 1.29 is 9.01 Å². The molecule has 0 aliphatic heterocycles. The molecule has 0 aromatic heterocycles. The zero-order chi connectivity index (χ0) is 9.83. The molecule has 1 atom stereocenters. The monoisotopic (exact) mass is 210 g/mol. The zero-order valence-corrected chi connectivity index (χ0v) is 10.5. The summed E-state index contributed by atoms with van der Waals surface area (Å²) < 4.78 is 6.32. The summed E-state index contributed by atoms with van der Waals surface area (Å²) in [7, 11) is 8.35. The van der Waals surface area contributed by atoms with Gasteiger partial charge in [0.05, 0.1) is 27.7 Å². The third-order valence-corrected chi connectivity index (χ3v) is 5.83. The van der Waals surface area contributed by atoms with E-state index in [-0.39, 0.29) is 0 Å². The Labute approximate surface area is 80.7 Å². The maximum Gasteiger partial charge on any atom is 0.0876 e. The predicted octanol–water partition coefficient (Wildman–Crippen LogP) is 1.98. The van der Waals surface area contributed by atoms with E-state index >= 15 is 0 Å². The lowest BCUT2D eigenvalue weighted by Crippen LogP contribution is -2.36. The van der Waals surface area contributed by atoms with Gasteiger partial charge in [-0.3, -0.25) is 0 Å². The maximum atomic E-state index is 5.31. The van der Waals surface area contributed by atoms with Crippen molar-refractivity contribution >= 4 is 24.0 Å². The van der Waals surface area contributed by atoms with Crippen LogP contribution < -0.4 is 0 Å². The first-order valence-corrected chi connectivity index (χ1v) is 7.91. The first-order chi connectivity index (χ1) is 5.27. The molecule has 0 bridgehead atoms. The van der Waals surface area contributed by atoms with Crippen LogP contribution in [0.4, 0.5) is 0 Å². The van der Waals surface area contributed by atoms with E-state index in [0.717, 1.165) is 10.2 Å². The Morgan fingerprint density at radius 3 is 2.25 bits per heavy atom. The molecule has 0 heterocycles. The fourth-order valence-electron chi connectivity index (χ4n) is 0.560. The van der Waals surface area contributed by atoms with Crippen molar-refractivity contribution in [2.24, 2.45) is 0 Å². The fraction of sp³-hybridized carbons (Fsp3) is 0.875. The average Bonchev–Trinajstić information content (AvgIpc) is 1.84. The Hall–Kier alpha value is 0.570. The van der Waals surface area contributed by atoms with E-state index in [1.807, 2.05) is 11.4 Å². The van der Waals surface area contributed by atoms with E-state index in [1.165, 1.54) is 6.54 Å². The van der Waals surface area contributed by atoms with Crippen molar-refractivity contribution in [2.45, 2.75) is 0 Å². The van der Waals surface area contributed by atoms with Gasteiger partial charge in [-0.2, -0.15) is 0 Å². The molecule has 0 saturated heterocycles. The van der Waals surface area contributed by atoms with E-state index in [4.69, 9.17) is 4.52 Å². The molecule has 0 spiro atoms. The summed E-state index contributed by atoms with van der Waals surface area (Å²) >= 11 is 1.87. The second-order valence-corrected chi connectivity index (χ2v) is 10.2. The van der Waals surface area contributed by atoms with Crippen LogP contribution in [0.15, 0.2) is 0 Å². The van der Waals surface area contributed by atoms with Gasteiger partial charge < -0.3 is 9.01 Å². The van der Waals surface area contributed by atoms with Crippen molar-refractivity contribution in [3.63, 3.8) is 0 Å². The number of hydrogen-bond donors (Lipinski definition) is 0. The first kappa shape index (κ1) is 12.6. The largest absolute Gasteiger partial charge is 0.355 e. The highest BCUT2D eigenvalue weighted by molar-refractivity contribution is 8.59. The highest BCUT2D eigenvalue weighted by Gasteiger charge is 2.10. The lowest BCUT2D eigenvalue weighted by atomic mass is 10.6. The second kappa shape index (κ2) is 4.71. The summed E-state index contributed by atoms with van der Waals surface area (Å²) in [5.41, 5.74) is 0. The standard InChI is InChI=1S/C8H21NOPS/c1-9(2,3)7-8-12-11(5,6)10-4/h5,7-8H2,1-4,6H3/q+1. The molecule has 0 fully saturated rings. The topological polar surface area (TPSA) is 9.23 Å². The minimum absolute atomic E-state index is 1.01. The number of rotatable bonds is 5. The molecule has 1 unspecified atom stereocenters. The Bertz CT molecular complexity index is 176. The van der Waals surface area contributed by atoms with Gasteiger partial charge in [-0.25, -0.2) is 0 Å². The van der Waals surface area contributed by atoms with Crippen molar-refractivity contribution in [1.82, 2.24) is 0 Å². The van der Waals surface area contributed by atoms with Gasteiger partial charge in [0, 0.05) is 19.2 Å². The summed E-state index contributed by atoms with van der Waals surface area (Å²) in [5, 5.41) is 0. The van der Waals surface area contributed by atoms with Crippen LogP contribution in [-0.2, 0) is 4.52 Å². The van der Waals surface area contributed by atoms with Gasteiger partial charge in [0.1, 0.15) is 0 Å². The maximum absolute atomic E-state index is 5.31. The molecule has 0 saturated carbocycles. The van der Waals surface area contributed by atoms with Gasteiger partial charge >= 0.3 is 0 Å². The third-order valence-electron chi connectivity index (χ3n) is 1.51. The molecule has 0 N–H and O–H groups in total. The minimum Gasteiger partial charge on any atom is -0.355 e. The summed E-state index contributed by atoms with van der Waals surface area (Å²) in [6.45, 7) is 3.27. The first-order valence-electron chi connectivity index (χ1n) is 3.98. The van der Waals surface area contributed by atoms with Crippen LogP contribution in [0.2, 0.25) is 0 Å². The summed E-state index contributed by atoms with van der Waals surface area (Å²) in [6, 6.07) is 0. The molecule has 0 aromatic rings. The van der Waals surface area contributed by atoms with E-state index < -0.39 is 6.31 Å². The molecule has 0 aliphatic rings. The quantitative estimate of drug-likeness (QED) is 0.507. The van der Waals surface area contributed by atoms with Crippen LogP contribution in [0.5, 0.6) is 0 Å². The Balaban J connectivity index is 3.65. The van der Waals surface area contributed by atoms with Gasteiger partial charge in [-0.05, 0) is 6.66 Å². The molecule has 74 valence electrons. The van der Waals surface area contributed by atoms with Crippen LogP contribution in [-0.4, -0.2) is 58.0 Å². The van der Waals surface area contributed by atoms with E-state index in [1.54, 1.807) is 7.11 Å². The van der Waals surface area contributed by atoms with Crippen LogP contribution in [0.25, 0.3) is 0 Å². The highest BCUT2D eigenvalue weighted by Crippen LogP contribution is 2.54. The molecule has 0 aromatic carbocycles. The Kier molecular flexibility index (Phi) is 4.93. The molecule has 0 rings (SSSR count). The van der Waals surface area contributed by atoms with E-state index in [2.05, 4.69) is 34.1 Å². The van der Waals surface area contributed by atoms with Crippen LogP contribution in [0.1, 0.15) is 0 Å². The van der Waals surface area contributed by atoms with Crippen LogP contribution >= 0.6 is 17.7 Å². The van der Waals surface area contributed by atoms with Crippen LogP contribution in [0.3, 0.4) is 0 Å². The summed E-state index contributed by atoms with van der Waals surface area (Å²) in [4.78, 5) is 0. The van der Waals surface area contributed by atoms with Crippen molar-refractivity contribution in [3.05, 3.63) is 0 Å². The summed E-state index contributed by atoms with van der Waals surface area (Å²) in [5.74, 6) is 1.13. The zero-order valence-electron chi connectivity index (χ0n) is 8.83. The van der Waals surface area contributed by atoms with Crippen molar-refractivity contribution in [3.8, 4) is 0 Å². The smallest absolute Gasteiger partial charge is 0.0876 e. The predicted molar refractivity (Wildman–Crippen MR) is 62.3 cm³/mol. The molecule has 12 heavy (non-hydrogen) atoms. The van der Waals surface area contributed by atoms with E-state index in [9.17, 15) is 0 Å². The SMILES string of the molecule is C=P(C)(OC)SCC[N+](C)(C)C. The number of quaternary nitrogens is 1. The normalized spacial score (nSPS) is 17.4. The molecule has 2 nitrogen and oxygen atoms in total. The van der Waals surface area contributed by atoms with Gasteiger partial charge in [0.15, 0.2) is 0 Å². The third kappa shape index (κ3) is 7.23. The molecular weight excluding hydrogens is 189 g/mol. The van der Waals surface area contributed by atoms with Crippen LogP contribution in [0, 0.1) is 0 Å². The Morgan fingerprint density at radius 2 is 1.92 bits per heavy atom. The highest BCUT2D eigenvalue weighted by atomic mass is 32.7. The van der Waals surface area contributed by atoms with Crippen molar-refractivity contribution in [1.29, 1.82) is 0 Å². The van der Waals surface area contributed by atoms with Gasteiger partial charge in [0.25, 0.3) is 0 Å². The second-order valence-electron chi connectivity index (χ2n) is 4.04.